The van der Waals surface area contributed by atoms with Gasteiger partial charge in [0.1, 0.15) is 5.75 Å². The number of aryl methyl sites for hydroxylation is 2. The van der Waals surface area contributed by atoms with Crippen molar-refractivity contribution in [2.75, 3.05) is 20.3 Å². The van der Waals surface area contributed by atoms with Crippen molar-refractivity contribution < 1.29 is 19.0 Å². The van der Waals surface area contributed by atoms with Gasteiger partial charge >= 0.3 is 0 Å². The highest BCUT2D eigenvalue weighted by atomic mass is 16.5. The molecule has 0 aliphatic rings. The Balaban J connectivity index is 1.92. The Labute approximate surface area is 160 Å². The predicted molar refractivity (Wildman–Crippen MR) is 106 cm³/mol. The molecule has 2 rings (SSSR count). The topological polar surface area (TPSA) is 69.2 Å². The number of ether oxygens (including phenoxy) is 3. The number of hydrogen-bond donors (Lipinski definition) is 1. The standard InChI is InChI=1S/C21H26N2O4/c1-15-11-16(2)13-19(12-15)26-9-6-10-27-21-18(14-22-23-17(3)24)7-5-8-20(21)25-4/h5,7-8,11-14H,6,9-10H2,1-4H3,(H,23,24)/b22-14-. The number of nitrogens with one attached hydrogen (secondary N) is 1. The van der Waals surface area contributed by atoms with Crippen molar-refractivity contribution in [2.45, 2.75) is 27.2 Å². The third-order valence-electron chi connectivity index (χ3n) is 3.65. The van der Waals surface area contributed by atoms with Crippen LogP contribution < -0.4 is 19.6 Å². The van der Waals surface area contributed by atoms with Crippen LogP contribution >= 0.6 is 0 Å². The summed E-state index contributed by atoms with van der Waals surface area (Å²) >= 11 is 0. The van der Waals surface area contributed by atoms with Crippen LogP contribution in [-0.4, -0.2) is 32.4 Å². The maximum Gasteiger partial charge on any atom is 0.236 e. The van der Waals surface area contributed by atoms with E-state index < -0.39 is 0 Å². The summed E-state index contributed by atoms with van der Waals surface area (Å²) in [6.45, 7) is 6.51. The molecule has 0 aromatic heterocycles. The van der Waals surface area contributed by atoms with Gasteiger partial charge in [0.15, 0.2) is 11.5 Å². The van der Waals surface area contributed by atoms with E-state index in [1.54, 1.807) is 7.11 Å². The molecule has 0 unspecified atom stereocenters. The molecule has 144 valence electrons. The summed E-state index contributed by atoms with van der Waals surface area (Å²) in [5.74, 6) is 1.82. The molecule has 27 heavy (non-hydrogen) atoms. The Morgan fingerprint density at radius 3 is 2.48 bits per heavy atom. The third-order valence-corrected chi connectivity index (χ3v) is 3.65. The molecule has 0 radical (unpaired) electrons. The lowest BCUT2D eigenvalue weighted by Gasteiger charge is -2.13. The molecule has 0 saturated heterocycles. The van der Waals surface area contributed by atoms with Gasteiger partial charge < -0.3 is 14.2 Å². The number of carbonyl (C=O) groups is 1. The van der Waals surface area contributed by atoms with Crippen molar-refractivity contribution >= 4 is 12.1 Å². The molecule has 1 amide bonds. The van der Waals surface area contributed by atoms with E-state index in [0.717, 1.165) is 11.3 Å². The fourth-order valence-corrected chi connectivity index (χ4v) is 2.58. The molecular formula is C21H26N2O4. The van der Waals surface area contributed by atoms with Gasteiger partial charge in [-0.1, -0.05) is 12.1 Å². The zero-order valence-electron chi connectivity index (χ0n) is 16.2. The van der Waals surface area contributed by atoms with Crippen LogP contribution in [0.3, 0.4) is 0 Å². The fourth-order valence-electron chi connectivity index (χ4n) is 2.58. The van der Waals surface area contributed by atoms with Crippen LogP contribution in [0.15, 0.2) is 41.5 Å². The Morgan fingerprint density at radius 2 is 1.81 bits per heavy atom. The highest BCUT2D eigenvalue weighted by Gasteiger charge is 2.09. The quantitative estimate of drug-likeness (QED) is 0.416. The second kappa shape index (κ2) is 10.2. The molecule has 0 heterocycles. The molecular weight excluding hydrogens is 344 g/mol. The van der Waals surface area contributed by atoms with Crippen molar-refractivity contribution in [3.05, 3.63) is 53.1 Å². The lowest BCUT2D eigenvalue weighted by Crippen LogP contribution is -2.12. The Morgan fingerprint density at radius 1 is 1.11 bits per heavy atom. The summed E-state index contributed by atoms with van der Waals surface area (Å²) < 4.78 is 17.1. The zero-order valence-corrected chi connectivity index (χ0v) is 16.2. The lowest BCUT2D eigenvalue weighted by atomic mass is 10.1. The average molecular weight is 370 g/mol. The molecule has 0 spiro atoms. The summed E-state index contributed by atoms with van der Waals surface area (Å²) in [6.07, 6.45) is 2.25. The Bertz CT molecular complexity index is 783. The van der Waals surface area contributed by atoms with E-state index in [4.69, 9.17) is 14.2 Å². The Hall–Kier alpha value is -3.02. The molecule has 1 N–H and O–H groups in total. The van der Waals surface area contributed by atoms with Gasteiger partial charge in [-0.2, -0.15) is 5.10 Å². The van der Waals surface area contributed by atoms with Crippen LogP contribution in [0.1, 0.15) is 30.0 Å². The molecule has 0 fully saturated rings. The molecule has 2 aromatic carbocycles. The monoisotopic (exact) mass is 370 g/mol. The van der Waals surface area contributed by atoms with Crippen LogP contribution in [0, 0.1) is 13.8 Å². The maximum atomic E-state index is 11.0. The predicted octanol–water partition coefficient (Wildman–Crippen LogP) is 3.63. The number of amides is 1. The lowest BCUT2D eigenvalue weighted by molar-refractivity contribution is -0.118. The SMILES string of the molecule is COc1cccc(/C=N\NC(C)=O)c1OCCCOc1cc(C)cc(C)c1. The molecule has 0 saturated carbocycles. The van der Waals surface area contributed by atoms with E-state index in [2.05, 4.69) is 30.4 Å². The minimum atomic E-state index is -0.236. The van der Waals surface area contributed by atoms with Crippen molar-refractivity contribution in [1.29, 1.82) is 0 Å². The van der Waals surface area contributed by atoms with Gasteiger partial charge in [0.2, 0.25) is 5.91 Å². The minimum Gasteiger partial charge on any atom is -0.493 e. The van der Waals surface area contributed by atoms with E-state index >= 15 is 0 Å². The summed E-state index contributed by atoms with van der Waals surface area (Å²) in [4.78, 5) is 11.0. The zero-order chi connectivity index (χ0) is 19.6. The molecule has 0 aliphatic heterocycles. The number of methoxy groups -OCH3 is 1. The average Bonchev–Trinajstić information content (AvgIpc) is 2.61. The number of para-hydroxylation sites is 1. The first-order valence-electron chi connectivity index (χ1n) is 8.80. The van der Waals surface area contributed by atoms with Crippen molar-refractivity contribution in [3.63, 3.8) is 0 Å². The normalized spacial score (nSPS) is 10.7. The second-order valence-electron chi connectivity index (χ2n) is 6.18. The number of nitrogens with zero attached hydrogens (tertiary/aromatic N) is 1. The van der Waals surface area contributed by atoms with Crippen LogP contribution in [-0.2, 0) is 4.79 Å². The molecule has 2 aromatic rings. The highest BCUT2D eigenvalue weighted by Crippen LogP contribution is 2.30. The number of hydrogen-bond acceptors (Lipinski definition) is 5. The van der Waals surface area contributed by atoms with E-state index in [0.29, 0.717) is 31.1 Å². The van der Waals surface area contributed by atoms with Crippen molar-refractivity contribution in [1.82, 2.24) is 5.43 Å². The molecule has 6 nitrogen and oxygen atoms in total. The molecule has 0 aliphatic carbocycles. The van der Waals surface area contributed by atoms with Crippen LogP contribution in [0.4, 0.5) is 0 Å². The smallest absolute Gasteiger partial charge is 0.236 e. The Kier molecular flexibility index (Phi) is 7.67. The first kappa shape index (κ1) is 20.3. The van der Waals surface area contributed by atoms with Gasteiger partial charge in [0.25, 0.3) is 0 Å². The van der Waals surface area contributed by atoms with Gasteiger partial charge in [-0.3, -0.25) is 4.79 Å². The van der Waals surface area contributed by atoms with Crippen LogP contribution in [0.25, 0.3) is 0 Å². The molecule has 0 bridgehead atoms. The number of carbonyl (C=O) groups excluding carboxylic acids is 1. The third kappa shape index (κ3) is 6.66. The van der Waals surface area contributed by atoms with E-state index in [-0.39, 0.29) is 5.91 Å². The summed E-state index contributed by atoms with van der Waals surface area (Å²) in [5.41, 5.74) is 5.46. The van der Waals surface area contributed by atoms with Gasteiger partial charge in [0.05, 0.1) is 26.5 Å². The first-order valence-corrected chi connectivity index (χ1v) is 8.80. The van der Waals surface area contributed by atoms with Gasteiger partial charge in [-0.25, -0.2) is 5.43 Å². The number of hydrazone groups is 1. The van der Waals surface area contributed by atoms with Gasteiger partial charge in [0, 0.05) is 18.9 Å². The molecule has 0 atom stereocenters. The van der Waals surface area contributed by atoms with Crippen LogP contribution in [0.5, 0.6) is 17.2 Å². The van der Waals surface area contributed by atoms with Crippen LogP contribution in [0.2, 0.25) is 0 Å². The largest absolute Gasteiger partial charge is 0.493 e. The summed E-state index contributed by atoms with van der Waals surface area (Å²) in [5, 5.41) is 3.89. The molecule has 6 heteroatoms. The van der Waals surface area contributed by atoms with E-state index in [1.165, 1.54) is 24.3 Å². The minimum absolute atomic E-state index is 0.236. The van der Waals surface area contributed by atoms with Gasteiger partial charge in [-0.15, -0.1) is 0 Å². The van der Waals surface area contributed by atoms with Crippen molar-refractivity contribution in [3.8, 4) is 17.2 Å². The summed E-state index contributed by atoms with van der Waals surface area (Å²) in [7, 11) is 1.58. The van der Waals surface area contributed by atoms with Gasteiger partial charge in [-0.05, 0) is 49.2 Å². The van der Waals surface area contributed by atoms with E-state index in [1.807, 2.05) is 30.3 Å². The van der Waals surface area contributed by atoms with Crippen molar-refractivity contribution in [2.24, 2.45) is 5.10 Å². The first-order chi connectivity index (χ1) is 13.0. The second-order valence-corrected chi connectivity index (χ2v) is 6.18. The number of benzene rings is 2. The van der Waals surface area contributed by atoms with E-state index in [9.17, 15) is 4.79 Å². The fraction of sp³-hybridized carbons (Fsp3) is 0.333. The highest BCUT2D eigenvalue weighted by molar-refractivity contribution is 5.86. The maximum absolute atomic E-state index is 11.0. The summed E-state index contributed by atoms with van der Waals surface area (Å²) in [6, 6.07) is 11.6. The number of rotatable bonds is 9.